The number of hydrogen-bond donors (Lipinski definition) is 4. The first-order valence-corrected chi connectivity index (χ1v) is 15.0. The van der Waals surface area contributed by atoms with Crippen molar-refractivity contribution in [3.8, 4) is 11.4 Å². The van der Waals surface area contributed by atoms with Crippen molar-refractivity contribution in [3.63, 3.8) is 0 Å². The first-order chi connectivity index (χ1) is 20.5. The number of carbonyl (C=O) groups is 1. The summed E-state index contributed by atoms with van der Waals surface area (Å²) in [7, 11) is 0. The standard InChI is InChI=1S/C31H34N6O4S/c32-31-35-28(14-19-8-10-21(11-9-19)37-12-13-41-22(16-37)17-38)34-29(36-31)23-5-3-6-25(24(23)18-39)33-30(40)27-15-20-4-1-2-7-26(20)42-27/h3,5-6,8-11,15,22,38-39H,1-2,4,7,12-14,16-18H2,(H,33,40)(H2,32,34,35,36). The number of aromatic nitrogens is 3. The number of nitrogens with two attached hydrogens (primary N) is 1. The van der Waals surface area contributed by atoms with Gasteiger partial charge >= 0.3 is 0 Å². The Labute approximate surface area is 248 Å². The molecule has 1 atom stereocenters. The number of morpholine rings is 1. The van der Waals surface area contributed by atoms with Crippen LogP contribution in [0, 0.1) is 0 Å². The molecule has 1 unspecified atom stereocenters. The molecule has 2 aliphatic rings. The number of ether oxygens (including phenoxy) is 1. The maximum absolute atomic E-state index is 13.2. The van der Waals surface area contributed by atoms with Crippen LogP contribution in [0.2, 0.25) is 0 Å². The summed E-state index contributed by atoms with van der Waals surface area (Å²) in [5.41, 5.74) is 11.0. The molecular weight excluding hydrogens is 552 g/mol. The second-order valence-corrected chi connectivity index (χ2v) is 11.7. The van der Waals surface area contributed by atoms with Crippen molar-refractivity contribution in [3.05, 3.63) is 80.8 Å². The van der Waals surface area contributed by atoms with E-state index in [-0.39, 0.29) is 31.2 Å². The summed E-state index contributed by atoms with van der Waals surface area (Å²) in [5.74, 6) is 0.727. The van der Waals surface area contributed by atoms with Crippen LogP contribution in [0.4, 0.5) is 17.3 Å². The summed E-state index contributed by atoms with van der Waals surface area (Å²) >= 11 is 1.55. The van der Waals surface area contributed by atoms with Gasteiger partial charge in [-0.2, -0.15) is 9.97 Å². The van der Waals surface area contributed by atoms with Crippen LogP contribution in [-0.2, 0) is 30.6 Å². The Bertz CT molecular complexity index is 1550. The Balaban J connectivity index is 1.21. The minimum atomic E-state index is -0.312. The molecule has 1 saturated heterocycles. The zero-order valence-corrected chi connectivity index (χ0v) is 24.1. The summed E-state index contributed by atoms with van der Waals surface area (Å²) in [5, 5.41) is 22.8. The third-order valence-electron chi connectivity index (χ3n) is 7.75. The van der Waals surface area contributed by atoms with Crippen LogP contribution in [0.25, 0.3) is 11.4 Å². The molecule has 0 radical (unpaired) electrons. The molecule has 6 rings (SSSR count). The highest BCUT2D eigenvalue weighted by Crippen LogP contribution is 2.32. The van der Waals surface area contributed by atoms with E-state index in [0.717, 1.165) is 43.5 Å². The number of hydrogen-bond acceptors (Lipinski definition) is 10. The molecular formula is C31H34N6O4S. The first kappa shape index (κ1) is 28.2. The molecule has 0 saturated carbocycles. The molecule has 0 bridgehead atoms. The number of aliphatic hydroxyl groups is 2. The Morgan fingerprint density at radius 3 is 2.71 bits per heavy atom. The number of nitrogens with one attached hydrogen (secondary N) is 1. The zero-order valence-electron chi connectivity index (χ0n) is 23.3. The lowest BCUT2D eigenvalue weighted by molar-refractivity contribution is 0.00357. The lowest BCUT2D eigenvalue weighted by atomic mass is 9.99. The number of amides is 1. The lowest BCUT2D eigenvalue weighted by Gasteiger charge is -2.33. The molecule has 4 aromatic rings. The van der Waals surface area contributed by atoms with Gasteiger partial charge in [-0.05, 0) is 61.1 Å². The van der Waals surface area contributed by atoms with E-state index in [1.165, 1.54) is 10.4 Å². The molecule has 2 aromatic heterocycles. The highest BCUT2D eigenvalue weighted by molar-refractivity contribution is 7.14. The van der Waals surface area contributed by atoms with Gasteiger partial charge in [-0.15, -0.1) is 11.3 Å². The van der Waals surface area contributed by atoms with Gasteiger partial charge in [-0.25, -0.2) is 4.98 Å². The van der Waals surface area contributed by atoms with Crippen molar-refractivity contribution < 1.29 is 19.7 Å². The SMILES string of the molecule is Nc1nc(Cc2ccc(N3CCOC(CO)C3)cc2)nc(-c2cccc(NC(=O)c3cc4c(s3)CCCC4)c2CO)n1. The summed E-state index contributed by atoms with van der Waals surface area (Å²) < 4.78 is 5.56. The van der Waals surface area contributed by atoms with Crippen molar-refractivity contribution in [2.75, 3.05) is 42.3 Å². The summed E-state index contributed by atoms with van der Waals surface area (Å²) in [6, 6.07) is 15.5. The van der Waals surface area contributed by atoms with Gasteiger partial charge in [-0.3, -0.25) is 4.79 Å². The maximum atomic E-state index is 13.2. The monoisotopic (exact) mass is 586 g/mol. The van der Waals surface area contributed by atoms with Crippen LogP contribution in [-0.4, -0.2) is 63.5 Å². The first-order valence-electron chi connectivity index (χ1n) is 14.2. The molecule has 1 aliphatic carbocycles. The third kappa shape index (κ3) is 6.14. The molecule has 5 N–H and O–H groups in total. The van der Waals surface area contributed by atoms with E-state index in [9.17, 15) is 15.0 Å². The van der Waals surface area contributed by atoms with Crippen molar-refractivity contribution in [1.29, 1.82) is 0 Å². The van der Waals surface area contributed by atoms with Gasteiger partial charge in [0.05, 0.1) is 30.8 Å². The highest BCUT2D eigenvalue weighted by Gasteiger charge is 2.21. The minimum absolute atomic E-state index is 0.00130. The Hall–Kier alpha value is -3.90. The summed E-state index contributed by atoms with van der Waals surface area (Å²) in [6.07, 6.45) is 4.62. The number of carbonyl (C=O) groups excluding carboxylic acids is 1. The molecule has 11 heteroatoms. The Morgan fingerprint density at radius 2 is 1.93 bits per heavy atom. The number of aliphatic hydroxyl groups excluding tert-OH is 2. The predicted molar refractivity (Wildman–Crippen MR) is 163 cm³/mol. The second-order valence-electron chi connectivity index (χ2n) is 10.6. The van der Waals surface area contributed by atoms with Gasteiger partial charge in [0.15, 0.2) is 5.82 Å². The number of fused-ring (bicyclic) bond motifs is 1. The molecule has 1 amide bonds. The van der Waals surface area contributed by atoms with E-state index >= 15 is 0 Å². The van der Waals surface area contributed by atoms with E-state index in [2.05, 4.69) is 25.2 Å². The number of benzene rings is 2. The zero-order chi connectivity index (χ0) is 29.1. The van der Waals surface area contributed by atoms with Crippen LogP contribution < -0.4 is 16.0 Å². The van der Waals surface area contributed by atoms with Gasteiger partial charge < -0.3 is 30.9 Å². The maximum Gasteiger partial charge on any atom is 0.265 e. The van der Waals surface area contributed by atoms with Crippen LogP contribution >= 0.6 is 11.3 Å². The number of thiophene rings is 1. The van der Waals surface area contributed by atoms with E-state index in [4.69, 9.17) is 10.5 Å². The molecule has 1 fully saturated rings. The van der Waals surface area contributed by atoms with E-state index in [0.29, 0.717) is 52.9 Å². The molecule has 3 heterocycles. The van der Waals surface area contributed by atoms with Crippen molar-refractivity contribution in [2.45, 2.75) is 44.8 Å². The Morgan fingerprint density at radius 1 is 1.10 bits per heavy atom. The average molecular weight is 587 g/mol. The van der Waals surface area contributed by atoms with Crippen LogP contribution in [0.15, 0.2) is 48.5 Å². The van der Waals surface area contributed by atoms with Gasteiger partial charge in [0.25, 0.3) is 5.91 Å². The summed E-state index contributed by atoms with van der Waals surface area (Å²) in [6.45, 7) is 1.68. The van der Waals surface area contributed by atoms with Crippen LogP contribution in [0.1, 0.15) is 49.9 Å². The van der Waals surface area contributed by atoms with E-state index in [1.54, 1.807) is 29.5 Å². The molecule has 42 heavy (non-hydrogen) atoms. The largest absolute Gasteiger partial charge is 0.394 e. The summed E-state index contributed by atoms with van der Waals surface area (Å²) in [4.78, 5) is 30.7. The number of rotatable bonds is 8. The normalized spacial score (nSPS) is 16.7. The topological polar surface area (TPSA) is 147 Å². The van der Waals surface area contributed by atoms with Gasteiger partial charge in [0, 0.05) is 46.9 Å². The Kier molecular flexibility index (Phi) is 8.43. The van der Waals surface area contributed by atoms with Crippen LogP contribution in [0.3, 0.4) is 0 Å². The van der Waals surface area contributed by atoms with Crippen molar-refractivity contribution in [2.24, 2.45) is 0 Å². The fraction of sp³-hybridized carbons (Fsp3) is 0.355. The number of nitrogen functional groups attached to an aromatic ring is 1. The van der Waals surface area contributed by atoms with E-state index in [1.807, 2.05) is 30.3 Å². The number of nitrogens with zero attached hydrogens (tertiary/aromatic N) is 4. The van der Waals surface area contributed by atoms with Gasteiger partial charge in [0.2, 0.25) is 5.95 Å². The molecule has 218 valence electrons. The van der Waals surface area contributed by atoms with Crippen LogP contribution in [0.5, 0.6) is 0 Å². The molecule has 10 nitrogen and oxygen atoms in total. The van der Waals surface area contributed by atoms with Gasteiger partial charge in [-0.1, -0.05) is 24.3 Å². The minimum Gasteiger partial charge on any atom is -0.394 e. The fourth-order valence-electron chi connectivity index (χ4n) is 5.58. The van der Waals surface area contributed by atoms with Crippen molar-refractivity contribution in [1.82, 2.24) is 15.0 Å². The smallest absolute Gasteiger partial charge is 0.265 e. The molecule has 1 aliphatic heterocycles. The predicted octanol–water partition coefficient (Wildman–Crippen LogP) is 3.59. The molecule has 0 spiro atoms. The molecule has 2 aromatic carbocycles. The fourth-order valence-corrected chi connectivity index (χ4v) is 6.73. The highest BCUT2D eigenvalue weighted by atomic mass is 32.1. The average Bonchev–Trinajstić information content (AvgIpc) is 3.46. The third-order valence-corrected chi connectivity index (χ3v) is 8.98. The quantitative estimate of drug-likeness (QED) is 0.243. The van der Waals surface area contributed by atoms with Crippen molar-refractivity contribution >= 4 is 34.6 Å². The van der Waals surface area contributed by atoms with Gasteiger partial charge in [0.1, 0.15) is 5.82 Å². The number of anilines is 3. The lowest BCUT2D eigenvalue weighted by Crippen LogP contribution is -2.44. The van der Waals surface area contributed by atoms with E-state index < -0.39 is 0 Å². The second kappa shape index (κ2) is 12.5. The number of aryl methyl sites for hydroxylation is 2.